The normalized spacial score (nSPS) is 12.8. The van der Waals surface area contributed by atoms with E-state index in [0.29, 0.717) is 17.0 Å². The maximum absolute atomic E-state index is 12.5. The monoisotopic (exact) mass is 351 g/mol. The molecule has 0 aliphatic carbocycles. The highest BCUT2D eigenvalue weighted by molar-refractivity contribution is 5.95. The molecule has 1 aromatic carbocycles. The van der Waals surface area contributed by atoms with E-state index in [9.17, 15) is 18.0 Å². The third kappa shape index (κ3) is 3.65. The van der Waals surface area contributed by atoms with Crippen molar-refractivity contribution >= 4 is 5.91 Å². The molecule has 3 aromatic rings. The van der Waals surface area contributed by atoms with Crippen LogP contribution in [0.4, 0.5) is 13.2 Å². The summed E-state index contributed by atoms with van der Waals surface area (Å²) >= 11 is 0. The molecule has 8 nitrogen and oxygen atoms in total. The zero-order chi connectivity index (χ0) is 18.0. The molecule has 0 saturated heterocycles. The van der Waals surface area contributed by atoms with E-state index in [1.165, 1.54) is 13.3 Å². The standard InChI is InChI=1S/C14H12F3N7O/c1-7(10-21-13(24-23-10)14(15,16)17)20-12(25)9-4-2-3-8(5-9)11-18-6-19-22-11/h2-7H,1H3,(H,20,25)(H,18,19,22)(H,21,23,24). The molecule has 0 radical (unpaired) electrons. The van der Waals surface area contributed by atoms with Crippen LogP contribution in [0.25, 0.3) is 11.4 Å². The predicted molar refractivity (Wildman–Crippen MR) is 79.1 cm³/mol. The van der Waals surface area contributed by atoms with Gasteiger partial charge in [-0.15, -0.1) is 5.10 Å². The Balaban J connectivity index is 1.74. The van der Waals surface area contributed by atoms with Gasteiger partial charge in [-0.25, -0.2) is 9.97 Å². The van der Waals surface area contributed by atoms with Crippen LogP contribution in [0.1, 0.15) is 35.0 Å². The van der Waals surface area contributed by atoms with Crippen LogP contribution in [0.15, 0.2) is 30.6 Å². The van der Waals surface area contributed by atoms with Crippen LogP contribution in [0.2, 0.25) is 0 Å². The Labute approximate surface area is 138 Å². The van der Waals surface area contributed by atoms with Gasteiger partial charge in [0.1, 0.15) is 12.2 Å². The number of carbonyl (C=O) groups excluding carboxylic acids is 1. The number of halogens is 3. The number of rotatable bonds is 4. The molecule has 0 fully saturated rings. The number of benzene rings is 1. The maximum Gasteiger partial charge on any atom is 0.453 e. The molecule has 25 heavy (non-hydrogen) atoms. The number of hydrogen-bond donors (Lipinski definition) is 3. The lowest BCUT2D eigenvalue weighted by Gasteiger charge is -2.11. The lowest BCUT2D eigenvalue weighted by atomic mass is 10.1. The second-order valence-electron chi connectivity index (χ2n) is 5.15. The van der Waals surface area contributed by atoms with Gasteiger partial charge in [-0.1, -0.05) is 12.1 Å². The molecule has 2 heterocycles. The summed E-state index contributed by atoms with van der Waals surface area (Å²) in [6, 6.07) is 5.78. The van der Waals surface area contributed by atoms with Gasteiger partial charge in [0.05, 0.1) is 6.04 Å². The van der Waals surface area contributed by atoms with E-state index in [2.05, 4.69) is 35.7 Å². The summed E-state index contributed by atoms with van der Waals surface area (Å²) in [5.74, 6) is -1.35. The molecule has 1 atom stereocenters. The van der Waals surface area contributed by atoms with Crippen molar-refractivity contribution in [2.45, 2.75) is 19.1 Å². The van der Waals surface area contributed by atoms with E-state index in [0.717, 1.165) is 0 Å². The second-order valence-corrected chi connectivity index (χ2v) is 5.15. The first kappa shape index (κ1) is 16.6. The quantitative estimate of drug-likeness (QED) is 0.666. The fourth-order valence-electron chi connectivity index (χ4n) is 2.10. The number of aromatic nitrogens is 6. The van der Waals surface area contributed by atoms with Crippen molar-refractivity contribution in [1.29, 1.82) is 0 Å². The Morgan fingerprint density at radius 1 is 1.28 bits per heavy atom. The first-order chi connectivity index (χ1) is 11.8. The summed E-state index contributed by atoms with van der Waals surface area (Å²) in [5.41, 5.74) is 0.966. The summed E-state index contributed by atoms with van der Waals surface area (Å²) in [5, 5.41) is 14.3. The minimum absolute atomic E-state index is 0.0907. The number of H-pyrrole nitrogens is 2. The number of amides is 1. The summed E-state index contributed by atoms with van der Waals surface area (Å²) in [6.07, 6.45) is -3.31. The number of nitrogens with one attached hydrogen (secondary N) is 3. The lowest BCUT2D eigenvalue weighted by Crippen LogP contribution is -2.27. The summed E-state index contributed by atoms with van der Waals surface area (Å²) < 4.78 is 37.6. The first-order valence-electron chi connectivity index (χ1n) is 7.11. The SMILES string of the molecule is CC(NC(=O)c1cccc(-c2ncn[nH]2)c1)c1nc(C(F)(F)F)n[nH]1. The molecule has 0 spiro atoms. The molecule has 0 aliphatic rings. The van der Waals surface area contributed by atoms with Gasteiger partial charge in [0.15, 0.2) is 5.82 Å². The predicted octanol–water partition coefficient (Wildman–Crippen LogP) is 2.10. The highest BCUT2D eigenvalue weighted by Gasteiger charge is 2.36. The van der Waals surface area contributed by atoms with E-state index < -0.39 is 23.9 Å². The van der Waals surface area contributed by atoms with Crippen LogP contribution in [-0.2, 0) is 6.18 Å². The van der Waals surface area contributed by atoms with Crippen LogP contribution in [0, 0.1) is 0 Å². The van der Waals surface area contributed by atoms with Crippen molar-refractivity contribution in [2.24, 2.45) is 0 Å². The van der Waals surface area contributed by atoms with Crippen molar-refractivity contribution in [3.05, 3.63) is 47.8 Å². The van der Waals surface area contributed by atoms with Gasteiger partial charge in [-0.05, 0) is 19.1 Å². The van der Waals surface area contributed by atoms with Crippen LogP contribution in [-0.4, -0.2) is 36.3 Å². The largest absolute Gasteiger partial charge is 0.453 e. The van der Waals surface area contributed by atoms with Crippen LogP contribution in [0.5, 0.6) is 0 Å². The maximum atomic E-state index is 12.5. The molecule has 130 valence electrons. The molecule has 0 saturated carbocycles. The Kier molecular flexibility index (Phi) is 4.21. The molecular formula is C14H12F3N7O. The third-order valence-corrected chi connectivity index (χ3v) is 3.33. The number of alkyl halides is 3. The minimum Gasteiger partial charge on any atom is -0.342 e. The van der Waals surface area contributed by atoms with Gasteiger partial charge in [-0.3, -0.25) is 15.0 Å². The topological polar surface area (TPSA) is 112 Å². The smallest absolute Gasteiger partial charge is 0.342 e. The molecular weight excluding hydrogens is 339 g/mol. The second kappa shape index (κ2) is 6.34. The zero-order valence-corrected chi connectivity index (χ0v) is 12.8. The fraction of sp³-hybridized carbons (Fsp3) is 0.214. The number of nitrogens with zero attached hydrogens (tertiary/aromatic N) is 4. The average Bonchev–Trinajstić information content (AvgIpc) is 3.26. The molecule has 3 rings (SSSR count). The highest BCUT2D eigenvalue weighted by atomic mass is 19.4. The number of hydrogen-bond acceptors (Lipinski definition) is 5. The minimum atomic E-state index is -4.65. The average molecular weight is 351 g/mol. The van der Waals surface area contributed by atoms with Crippen LogP contribution < -0.4 is 5.32 Å². The Hall–Kier alpha value is -3.24. The molecule has 2 aromatic heterocycles. The molecule has 1 amide bonds. The molecule has 3 N–H and O–H groups in total. The van der Waals surface area contributed by atoms with Gasteiger partial charge in [0.2, 0.25) is 0 Å². The van der Waals surface area contributed by atoms with Crippen molar-refractivity contribution in [3.8, 4) is 11.4 Å². The van der Waals surface area contributed by atoms with E-state index >= 15 is 0 Å². The van der Waals surface area contributed by atoms with Crippen molar-refractivity contribution in [2.75, 3.05) is 0 Å². The molecule has 0 bridgehead atoms. The van der Waals surface area contributed by atoms with Gasteiger partial charge in [0.25, 0.3) is 11.7 Å². The number of carbonyl (C=O) groups is 1. The Morgan fingerprint density at radius 2 is 2.08 bits per heavy atom. The van der Waals surface area contributed by atoms with Crippen molar-refractivity contribution in [3.63, 3.8) is 0 Å². The fourth-order valence-corrected chi connectivity index (χ4v) is 2.10. The van der Waals surface area contributed by atoms with Crippen LogP contribution >= 0.6 is 0 Å². The lowest BCUT2D eigenvalue weighted by molar-refractivity contribution is -0.144. The molecule has 0 aliphatic heterocycles. The first-order valence-corrected chi connectivity index (χ1v) is 7.11. The molecule has 1 unspecified atom stereocenters. The Bertz CT molecular complexity index is 873. The van der Waals surface area contributed by atoms with Gasteiger partial charge < -0.3 is 5.32 Å². The van der Waals surface area contributed by atoms with Gasteiger partial charge >= 0.3 is 6.18 Å². The highest BCUT2D eigenvalue weighted by Crippen LogP contribution is 2.26. The third-order valence-electron chi connectivity index (χ3n) is 3.33. The van der Waals surface area contributed by atoms with E-state index in [1.807, 2.05) is 0 Å². The van der Waals surface area contributed by atoms with Gasteiger partial charge in [0, 0.05) is 11.1 Å². The Morgan fingerprint density at radius 3 is 2.72 bits per heavy atom. The van der Waals surface area contributed by atoms with Crippen LogP contribution in [0.3, 0.4) is 0 Å². The summed E-state index contributed by atoms with van der Waals surface area (Å²) in [4.78, 5) is 19.7. The zero-order valence-electron chi connectivity index (χ0n) is 12.8. The summed E-state index contributed by atoms with van der Waals surface area (Å²) in [6.45, 7) is 1.50. The van der Waals surface area contributed by atoms with E-state index in [1.54, 1.807) is 24.3 Å². The van der Waals surface area contributed by atoms with Gasteiger partial charge in [-0.2, -0.15) is 18.3 Å². The summed E-state index contributed by atoms with van der Waals surface area (Å²) in [7, 11) is 0. The van der Waals surface area contributed by atoms with E-state index in [4.69, 9.17) is 0 Å². The molecule has 11 heteroatoms. The van der Waals surface area contributed by atoms with Crippen molar-refractivity contribution in [1.82, 2.24) is 35.7 Å². The number of aromatic amines is 2. The van der Waals surface area contributed by atoms with Crippen molar-refractivity contribution < 1.29 is 18.0 Å². The van der Waals surface area contributed by atoms with E-state index in [-0.39, 0.29) is 5.82 Å².